The zero-order valence-electron chi connectivity index (χ0n) is 9.45. The molecule has 88 valence electrons. The van der Waals surface area contributed by atoms with Gasteiger partial charge in [-0.25, -0.2) is 4.98 Å². The van der Waals surface area contributed by atoms with Crippen LogP contribution in [0.3, 0.4) is 0 Å². The van der Waals surface area contributed by atoms with Crippen LogP contribution >= 0.6 is 0 Å². The topological polar surface area (TPSA) is 54.6 Å². The van der Waals surface area contributed by atoms with Crippen LogP contribution in [0.1, 0.15) is 10.4 Å². The number of phenolic OH excluding ortho intramolecular Hbond substituents is 1. The number of fused-ring (bicyclic) bond motifs is 1. The van der Waals surface area contributed by atoms with Gasteiger partial charge in [0.15, 0.2) is 0 Å². The number of hydrogen-bond donors (Lipinski definition) is 1. The molecule has 0 amide bonds. The van der Waals surface area contributed by atoms with E-state index in [0.29, 0.717) is 11.2 Å². The highest BCUT2D eigenvalue weighted by Crippen LogP contribution is 2.22. The molecule has 0 spiro atoms. The highest BCUT2D eigenvalue weighted by Gasteiger charge is 2.05. The fourth-order valence-corrected chi connectivity index (χ4v) is 1.88. The molecule has 0 saturated heterocycles. The Balaban J connectivity index is 2.16. The molecule has 3 rings (SSSR count). The van der Waals surface area contributed by atoms with E-state index in [1.807, 2.05) is 16.7 Å². The first-order valence-electron chi connectivity index (χ1n) is 5.49. The molecule has 0 saturated carbocycles. The number of aldehydes is 1. The summed E-state index contributed by atoms with van der Waals surface area (Å²) in [5.41, 5.74) is 2.90. The SMILES string of the molecule is O=Cc1ccn2cc(-c3cccc(O)c3)nc2c1. The standard InChI is InChI=1S/C14H10N2O2/c17-9-10-4-5-16-8-13(15-14(16)6-10)11-2-1-3-12(18)7-11/h1-9,18H. The van der Waals surface area contributed by atoms with Gasteiger partial charge in [0, 0.05) is 23.5 Å². The molecular formula is C14H10N2O2. The molecule has 18 heavy (non-hydrogen) atoms. The number of pyridine rings is 1. The number of nitrogens with zero attached hydrogens (tertiary/aromatic N) is 2. The van der Waals surface area contributed by atoms with E-state index in [4.69, 9.17) is 0 Å². The van der Waals surface area contributed by atoms with Crippen LogP contribution in [-0.4, -0.2) is 20.8 Å². The van der Waals surface area contributed by atoms with E-state index in [1.165, 1.54) is 0 Å². The molecule has 0 unspecified atom stereocenters. The number of aromatic nitrogens is 2. The highest BCUT2D eigenvalue weighted by atomic mass is 16.3. The van der Waals surface area contributed by atoms with Crippen molar-refractivity contribution in [1.29, 1.82) is 0 Å². The highest BCUT2D eigenvalue weighted by molar-refractivity contribution is 5.77. The first kappa shape index (κ1) is 10.5. The van der Waals surface area contributed by atoms with E-state index < -0.39 is 0 Å². The molecule has 0 aliphatic rings. The second-order valence-electron chi connectivity index (χ2n) is 4.02. The van der Waals surface area contributed by atoms with Crippen LogP contribution in [0, 0.1) is 0 Å². The Morgan fingerprint density at radius 3 is 2.89 bits per heavy atom. The summed E-state index contributed by atoms with van der Waals surface area (Å²) in [5.74, 6) is 0.207. The summed E-state index contributed by atoms with van der Waals surface area (Å²) in [7, 11) is 0. The van der Waals surface area contributed by atoms with E-state index in [1.54, 1.807) is 36.5 Å². The zero-order valence-corrected chi connectivity index (χ0v) is 9.45. The quantitative estimate of drug-likeness (QED) is 0.698. The second-order valence-corrected chi connectivity index (χ2v) is 4.02. The van der Waals surface area contributed by atoms with Crippen LogP contribution in [0.2, 0.25) is 0 Å². The Labute approximate surface area is 103 Å². The minimum Gasteiger partial charge on any atom is -0.508 e. The van der Waals surface area contributed by atoms with Gasteiger partial charge < -0.3 is 9.51 Å². The maximum Gasteiger partial charge on any atom is 0.150 e. The lowest BCUT2D eigenvalue weighted by Gasteiger charge is -1.96. The molecule has 0 radical (unpaired) electrons. The van der Waals surface area contributed by atoms with Crippen molar-refractivity contribution in [3.05, 3.63) is 54.4 Å². The van der Waals surface area contributed by atoms with Crippen molar-refractivity contribution in [3.63, 3.8) is 0 Å². The van der Waals surface area contributed by atoms with Crippen molar-refractivity contribution in [2.24, 2.45) is 0 Å². The van der Waals surface area contributed by atoms with Gasteiger partial charge >= 0.3 is 0 Å². The van der Waals surface area contributed by atoms with Crippen LogP contribution in [0.4, 0.5) is 0 Å². The predicted octanol–water partition coefficient (Wildman–Crippen LogP) is 2.52. The first-order chi connectivity index (χ1) is 8.76. The van der Waals surface area contributed by atoms with Gasteiger partial charge in [0.05, 0.1) is 5.69 Å². The Kier molecular flexibility index (Phi) is 2.34. The maximum atomic E-state index is 10.7. The van der Waals surface area contributed by atoms with Gasteiger partial charge in [-0.15, -0.1) is 0 Å². The zero-order chi connectivity index (χ0) is 12.5. The molecule has 1 N–H and O–H groups in total. The third-order valence-corrected chi connectivity index (χ3v) is 2.76. The number of benzene rings is 1. The third kappa shape index (κ3) is 1.73. The average Bonchev–Trinajstić information content (AvgIpc) is 2.81. The third-order valence-electron chi connectivity index (χ3n) is 2.76. The van der Waals surface area contributed by atoms with Crippen molar-refractivity contribution < 1.29 is 9.90 Å². The molecule has 0 aliphatic heterocycles. The Bertz CT molecular complexity index is 731. The van der Waals surface area contributed by atoms with Gasteiger partial charge in [0.2, 0.25) is 0 Å². The summed E-state index contributed by atoms with van der Waals surface area (Å²) in [6.45, 7) is 0. The van der Waals surface area contributed by atoms with Crippen LogP contribution < -0.4 is 0 Å². The number of rotatable bonds is 2. The summed E-state index contributed by atoms with van der Waals surface area (Å²) in [5, 5.41) is 9.45. The number of carbonyl (C=O) groups excluding carboxylic acids is 1. The summed E-state index contributed by atoms with van der Waals surface area (Å²) in [6, 6.07) is 10.4. The summed E-state index contributed by atoms with van der Waals surface area (Å²) >= 11 is 0. The smallest absolute Gasteiger partial charge is 0.150 e. The predicted molar refractivity (Wildman–Crippen MR) is 67.7 cm³/mol. The number of hydrogen-bond acceptors (Lipinski definition) is 3. The molecule has 0 bridgehead atoms. The average molecular weight is 238 g/mol. The lowest BCUT2D eigenvalue weighted by molar-refractivity contribution is 0.112. The number of imidazole rings is 1. The van der Waals surface area contributed by atoms with E-state index in [-0.39, 0.29) is 5.75 Å². The van der Waals surface area contributed by atoms with E-state index in [2.05, 4.69) is 4.98 Å². The summed E-state index contributed by atoms with van der Waals surface area (Å²) in [4.78, 5) is 15.1. The number of phenols is 1. The molecular weight excluding hydrogens is 228 g/mol. The second kappa shape index (κ2) is 4.00. The lowest BCUT2D eigenvalue weighted by Crippen LogP contribution is -1.85. The van der Waals surface area contributed by atoms with Crippen molar-refractivity contribution in [3.8, 4) is 17.0 Å². The van der Waals surface area contributed by atoms with Crippen LogP contribution in [-0.2, 0) is 0 Å². The molecule has 2 heterocycles. The Hall–Kier alpha value is -2.62. The number of aromatic hydroxyl groups is 1. The largest absolute Gasteiger partial charge is 0.508 e. The van der Waals surface area contributed by atoms with Crippen LogP contribution in [0.25, 0.3) is 16.9 Å². The van der Waals surface area contributed by atoms with Crippen molar-refractivity contribution in [1.82, 2.24) is 9.38 Å². The minimum absolute atomic E-state index is 0.207. The van der Waals surface area contributed by atoms with Crippen molar-refractivity contribution in [2.75, 3.05) is 0 Å². The van der Waals surface area contributed by atoms with Crippen molar-refractivity contribution in [2.45, 2.75) is 0 Å². The first-order valence-corrected chi connectivity index (χ1v) is 5.49. The van der Waals surface area contributed by atoms with Crippen LogP contribution in [0.5, 0.6) is 5.75 Å². The Morgan fingerprint density at radius 2 is 2.11 bits per heavy atom. The van der Waals surface area contributed by atoms with Gasteiger partial charge in [-0.05, 0) is 24.3 Å². The molecule has 1 aromatic carbocycles. The fourth-order valence-electron chi connectivity index (χ4n) is 1.88. The molecule has 0 atom stereocenters. The van der Waals surface area contributed by atoms with Crippen molar-refractivity contribution >= 4 is 11.9 Å². The normalized spacial score (nSPS) is 10.7. The fraction of sp³-hybridized carbons (Fsp3) is 0. The summed E-state index contributed by atoms with van der Waals surface area (Å²) in [6.07, 6.45) is 4.44. The van der Waals surface area contributed by atoms with E-state index >= 15 is 0 Å². The van der Waals surface area contributed by atoms with E-state index in [9.17, 15) is 9.90 Å². The maximum absolute atomic E-state index is 10.7. The van der Waals surface area contributed by atoms with Gasteiger partial charge in [0.1, 0.15) is 17.7 Å². The molecule has 4 nitrogen and oxygen atoms in total. The molecule has 3 aromatic rings. The molecule has 4 heteroatoms. The molecule has 0 fully saturated rings. The van der Waals surface area contributed by atoms with Crippen LogP contribution in [0.15, 0.2) is 48.8 Å². The number of carbonyl (C=O) groups is 1. The van der Waals surface area contributed by atoms with Gasteiger partial charge in [-0.3, -0.25) is 4.79 Å². The van der Waals surface area contributed by atoms with Gasteiger partial charge in [-0.2, -0.15) is 0 Å². The van der Waals surface area contributed by atoms with Gasteiger partial charge in [0.25, 0.3) is 0 Å². The minimum atomic E-state index is 0.207. The lowest BCUT2D eigenvalue weighted by atomic mass is 10.2. The van der Waals surface area contributed by atoms with Gasteiger partial charge in [-0.1, -0.05) is 12.1 Å². The molecule has 2 aromatic heterocycles. The Morgan fingerprint density at radius 1 is 1.22 bits per heavy atom. The van der Waals surface area contributed by atoms with E-state index in [0.717, 1.165) is 17.5 Å². The summed E-state index contributed by atoms with van der Waals surface area (Å²) < 4.78 is 1.84. The molecule has 0 aliphatic carbocycles. The monoisotopic (exact) mass is 238 g/mol.